The van der Waals surface area contributed by atoms with Crippen LogP contribution in [0.4, 0.5) is 4.39 Å². The van der Waals surface area contributed by atoms with Gasteiger partial charge in [-0.1, -0.05) is 0 Å². The highest BCUT2D eigenvalue weighted by Gasteiger charge is 2.20. The van der Waals surface area contributed by atoms with Crippen molar-refractivity contribution >= 4 is 0 Å². The van der Waals surface area contributed by atoms with Crippen LogP contribution >= 0.6 is 0 Å². The van der Waals surface area contributed by atoms with Gasteiger partial charge in [-0.25, -0.2) is 4.39 Å². The molecule has 0 aromatic heterocycles. The Hall–Kier alpha value is -0.110. The van der Waals surface area contributed by atoms with E-state index in [9.17, 15) is 4.39 Å². The highest BCUT2D eigenvalue weighted by Crippen LogP contribution is 2.22. The van der Waals surface area contributed by atoms with E-state index in [0.29, 0.717) is 6.42 Å². The van der Waals surface area contributed by atoms with Gasteiger partial charge in [-0.05, 0) is 19.3 Å². The molecule has 9 heavy (non-hydrogen) atoms. The highest BCUT2D eigenvalue weighted by atomic mass is 19.1. The molecule has 0 aliphatic heterocycles. The summed E-state index contributed by atoms with van der Waals surface area (Å²) in [5.74, 6) is 0. The van der Waals surface area contributed by atoms with Gasteiger partial charge in [0, 0.05) is 13.5 Å². The first-order valence-corrected chi connectivity index (χ1v) is 3.50. The molecule has 54 valence electrons. The predicted octanol–water partition coefficient (Wildman–Crippen LogP) is 1.91. The van der Waals surface area contributed by atoms with Crippen molar-refractivity contribution in [2.24, 2.45) is 0 Å². The first-order valence-electron chi connectivity index (χ1n) is 3.50. The first kappa shape index (κ1) is 7.00. The van der Waals surface area contributed by atoms with Gasteiger partial charge < -0.3 is 4.74 Å². The van der Waals surface area contributed by atoms with Crippen molar-refractivity contribution in [3.8, 4) is 0 Å². The molecule has 1 saturated carbocycles. The van der Waals surface area contributed by atoms with Crippen molar-refractivity contribution in [3.05, 3.63) is 0 Å². The fraction of sp³-hybridized carbons (Fsp3) is 1.00. The van der Waals surface area contributed by atoms with Gasteiger partial charge in [-0.2, -0.15) is 0 Å². The van der Waals surface area contributed by atoms with E-state index >= 15 is 0 Å². The summed E-state index contributed by atoms with van der Waals surface area (Å²) in [6, 6.07) is 0. The van der Waals surface area contributed by atoms with Crippen LogP contribution in [-0.4, -0.2) is 19.4 Å². The minimum atomic E-state index is -0.608. The fourth-order valence-electron chi connectivity index (χ4n) is 1.30. The first-order chi connectivity index (χ1) is 4.33. The van der Waals surface area contributed by atoms with E-state index < -0.39 is 6.17 Å². The van der Waals surface area contributed by atoms with Gasteiger partial charge in [0.15, 0.2) is 0 Å². The van der Waals surface area contributed by atoms with Gasteiger partial charge in [0.05, 0.1) is 6.10 Å². The second kappa shape index (κ2) is 3.16. The lowest BCUT2D eigenvalue weighted by atomic mass is 9.96. The lowest BCUT2D eigenvalue weighted by Gasteiger charge is -2.22. The maximum absolute atomic E-state index is 12.5. The monoisotopic (exact) mass is 132 g/mol. The Balaban J connectivity index is 2.23. The van der Waals surface area contributed by atoms with Crippen LogP contribution in [0.25, 0.3) is 0 Å². The van der Waals surface area contributed by atoms with Crippen LogP contribution in [0.2, 0.25) is 0 Å². The van der Waals surface area contributed by atoms with Crippen molar-refractivity contribution in [2.45, 2.75) is 38.0 Å². The van der Waals surface area contributed by atoms with Gasteiger partial charge in [0.1, 0.15) is 6.17 Å². The zero-order valence-corrected chi connectivity index (χ0v) is 5.77. The summed E-state index contributed by atoms with van der Waals surface area (Å²) in [5.41, 5.74) is 0. The van der Waals surface area contributed by atoms with E-state index in [-0.39, 0.29) is 6.10 Å². The number of hydrogen-bond acceptors (Lipinski definition) is 1. The summed E-state index contributed by atoms with van der Waals surface area (Å²) < 4.78 is 17.6. The molecule has 0 N–H and O–H groups in total. The number of alkyl halides is 1. The molecule has 1 nitrogen and oxygen atoms in total. The lowest BCUT2D eigenvalue weighted by Crippen LogP contribution is -2.22. The molecule has 0 unspecified atom stereocenters. The third-order valence-electron chi connectivity index (χ3n) is 1.90. The van der Waals surface area contributed by atoms with Crippen LogP contribution < -0.4 is 0 Å². The Kier molecular flexibility index (Phi) is 2.46. The Bertz CT molecular complexity index is 85.0. The largest absolute Gasteiger partial charge is 0.381 e. The van der Waals surface area contributed by atoms with E-state index in [1.165, 1.54) is 0 Å². The number of hydrogen-bond donors (Lipinski definition) is 0. The molecule has 0 aromatic rings. The van der Waals surface area contributed by atoms with E-state index in [4.69, 9.17) is 4.74 Å². The lowest BCUT2D eigenvalue weighted by molar-refractivity contribution is 0.0405. The summed E-state index contributed by atoms with van der Waals surface area (Å²) in [5, 5.41) is 0. The van der Waals surface area contributed by atoms with Crippen LogP contribution in [0, 0.1) is 0 Å². The molecule has 2 heteroatoms. The number of rotatable bonds is 1. The second-order valence-electron chi connectivity index (χ2n) is 2.62. The molecule has 0 amide bonds. The second-order valence-corrected chi connectivity index (χ2v) is 2.62. The van der Waals surface area contributed by atoms with Crippen molar-refractivity contribution in [1.82, 2.24) is 0 Å². The van der Waals surface area contributed by atoms with E-state index in [1.807, 2.05) is 0 Å². The van der Waals surface area contributed by atoms with Gasteiger partial charge in [0.2, 0.25) is 0 Å². The molecule has 0 heterocycles. The summed E-state index contributed by atoms with van der Waals surface area (Å²) in [7, 11) is 1.66. The number of halogens is 1. The summed E-state index contributed by atoms with van der Waals surface area (Å²) in [6.07, 6.45) is 2.95. The molecule has 0 radical (unpaired) electrons. The maximum Gasteiger partial charge on any atom is 0.103 e. The molecule has 1 aliphatic rings. The van der Waals surface area contributed by atoms with Crippen molar-refractivity contribution in [2.75, 3.05) is 7.11 Å². The zero-order valence-electron chi connectivity index (χ0n) is 5.77. The topological polar surface area (TPSA) is 9.23 Å². The van der Waals surface area contributed by atoms with Crippen LogP contribution in [-0.2, 0) is 4.74 Å². The van der Waals surface area contributed by atoms with Gasteiger partial charge >= 0.3 is 0 Å². The highest BCUT2D eigenvalue weighted by molar-refractivity contribution is 4.71. The van der Waals surface area contributed by atoms with Crippen molar-refractivity contribution in [3.63, 3.8) is 0 Å². The van der Waals surface area contributed by atoms with E-state index in [2.05, 4.69) is 0 Å². The van der Waals surface area contributed by atoms with Gasteiger partial charge in [-0.15, -0.1) is 0 Å². The Labute approximate surface area is 55.2 Å². The molecule has 0 spiro atoms. The van der Waals surface area contributed by atoms with Crippen LogP contribution in [0.3, 0.4) is 0 Å². The SMILES string of the molecule is CO[C@@H]1CCC[C@H](F)C1. The summed E-state index contributed by atoms with van der Waals surface area (Å²) >= 11 is 0. The molecule has 1 aliphatic carbocycles. The molecule has 0 aromatic carbocycles. The van der Waals surface area contributed by atoms with E-state index in [0.717, 1.165) is 19.3 Å². The van der Waals surface area contributed by atoms with Gasteiger partial charge in [-0.3, -0.25) is 0 Å². The Morgan fingerprint density at radius 2 is 2.22 bits per heavy atom. The molecule has 0 saturated heterocycles. The number of methoxy groups -OCH3 is 1. The molecule has 2 atom stereocenters. The fourth-order valence-corrected chi connectivity index (χ4v) is 1.30. The van der Waals surface area contributed by atoms with Crippen LogP contribution in [0.1, 0.15) is 25.7 Å². The third-order valence-corrected chi connectivity index (χ3v) is 1.90. The van der Waals surface area contributed by atoms with Crippen molar-refractivity contribution < 1.29 is 9.13 Å². The molecule has 1 fully saturated rings. The standard InChI is InChI=1S/C7H13FO/c1-9-7-4-2-3-6(8)5-7/h6-7H,2-5H2,1H3/t6-,7+/m0/s1. The van der Waals surface area contributed by atoms with Crippen LogP contribution in [0.5, 0.6) is 0 Å². The van der Waals surface area contributed by atoms with E-state index in [1.54, 1.807) is 7.11 Å². The quantitative estimate of drug-likeness (QED) is 0.529. The minimum Gasteiger partial charge on any atom is -0.381 e. The third kappa shape index (κ3) is 1.94. The molecule has 0 bridgehead atoms. The average molecular weight is 132 g/mol. The number of ether oxygens (including phenoxy) is 1. The smallest absolute Gasteiger partial charge is 0.103 e. The molecular weight excluding hydrogens is 119 g/mol. The Morgan fingerprint density at radius 3 is 2.67 bits per heavy atom. The maximum atomic E-state index is 12.5. The molecule has 1 rings (SSSR count). The van der Waals surface area contributed by atoms with Gasteiger partial charge in [0.25, 0.3) is 0 Å². The average Bonchev–Trinajstić information content (AvgIpc) is 1.88. The zero-order chi connectivity index (χ0) is 6.69. The van der Waals surface area contributed by atoms with Crippen molar-refractivity contribution in [1.29, 1.82) is 0 Å². The summed E-state index contributed by atoms with van der Waals surface area (Å²) in [6.45, 7) is 0. The summed E-state index contributed by atoms with van der Waals surface area (Å²) in [4.78, 5) is 0. The normalized spacial score (nSPS) is 36.7. The Morgan fingerprint density at radius 1 is 1.44 bits per heavy atom. The van der Waals surface area contributed by atoms with Crippen LogP contribution in [0.15, 0.2) is 0 Å². The minimum absolute atomic E-state index is 0.189. The molecular formula is C7H13FO. The predicted molar refractivity (Wildman–Crippen MR) is 34.2 cm³/mol.